The Labute approximate surface area is 77.4 Å². The van der Waals surface area contributed by atoms with Gasteiger partial charge in [-0.2, -0.15) is 0 Å². The van der Waals surface area contributed by atoms with Gasteiger partial charge in [0.2, 0.25) is 0 Å². The molecule has 3 nitrogen and oxygen atoms in total. The van der Waals surface area contributed by atoms with Crippen molar-refractivity contribution in [3.63, 3.8) is 0 Å². The average Bonchev–Trinajstić information content (AvgIpc) is 1.71. The molecule has 3 heteroatoms. The molecule has 73 valence electrons. The SMILES string of the molecule is OC12C[C]3CC(O)(C1)CC(O)(C3)C2. The van der Waals surface area contributed by atoms with Crippen LogP contribution in [0, 0.1) is 5.92 Å². The van der Waals surface area contributed by atoms with Crippen LogP contribution in [0.15, 0.2) is 0 Å². The van der Waals surface area contributed by atoms with Gasteiger partial charge in [0, 0.05) is 19.3 Å². The van der Waals surface area contributed by atoms with Gasteiger partial charge in [-0.05, 0) is 25.2 Å². The maximum absolute atomic E-state index is 10.1. The molecule has 0 atom stereocenters. The van der Waals surface area contributed by atoms with Crippen molar-refractivity contribution in [2.45, 2.75) is 55.3 Å². The summed E-state index contributed by atoms with van der Waals surface area (Å²) in [6.07, 6.45) is 3.43. The molecule has 4 aliphatic carbocycles. The molecular weight excluding hydrogens is 168 g/mol. The molecule has 4 saturated carbocycles. The lowest BCUT2D eigenvalue weighted by molar-refractivity contribution is -0.223. The number of aliphatic hydroxyl groups is 3. The Bertz CT molecular complexity index is 212. The molecule has 0 aliphatic heterocycles. The summed E-state index contributed by atoms with van der Waals surface area (Å²) in [7, 11) is 0. The van der Waals surface area contributed by atoms with Crippen LogP contribution < -0.4 is 0 Å². The Morgan fingerprint density at radius 2 is 1.00 bits per heavy atom. The lowest BCUT2D eigenvalue weighted by Crippen LogP contribution is -2.65. The van der Waals surface area contributed by atoms with Crippen LogP contribution >= 0.6 is 0 Å². The van der Waals surface area contributed by atoms with E-state index in [1.807, 2.05) is 0 Å². The number of hydrogen-bond acceptors (Lipinski definition) is 3. The van der Waals surface area contributed by atoms with Crippen molar-refractivity contribution in [1.29, 1.82) is 0 Å². The first-order chi connectivity index (χ1) is 5.91. The number of hydrogen-bond donors (Lipinski definition) is 3. The third-order valence-corrected chi connectivity index (χ3v) is 3.71. The Morgan fingerprint density at radius 3 is 1.23 bits per heavy atom. The maximum Gasteiger partial charge on any atom is 0.0708 e. The molecule has 1 radical (unpaired) electrons. The fraction of sp³-hybridized carbons (Fsp3) is 0.900. The molecule has 4 aliphatic rings. The molecule has 0 aromatic heterocycles. The van der Waals surface area contributed by atoms with Gasteiger partial charge in [-0.25, -0.2) is 0 Å². The molecule has 3 N–H and O–H groups in total. The van der Waals surface area contributed by atoms with Crippen LogP contribution in [0.4, 0.5) is 0 Å². The third-order valence-electron chi connectivity index (χ3n) is 3.71. The van der Waals surface area contributed by atoms with Crippen LogP contribution in [0.1, 0.15) is 38.5 Å². The predicted octanol–water partition coefficient (Wildman–Crippen LogP) is 0.136. The number of rotatable bonds is 0. The predicted molar refractivity (Wildman–Crippen MR) is 45.8 cm³/mol. The second-order valence-corrected chi connectivity index (χ2v) is 5.48. The summed E-state index contributed by atoms with van der Waals surface area (Å²) in [6, 6.07) is 0. The van der Waals surface area contributed by atoms with E-state index in [0.717, 1.165) is 5.92 Å². The summed E-state index contributed by atoms with van der Waals surface area (Å²) in [4.78, 5) is 0. The summed E-state index contributed by atoms with van der Waals surface area (Å²) >= 11 is 0. The molecule has 0 spiro atoms. The molecular formula is C10H15O3. The summed E-state index contributed by atoms with van der Waals surface area (Å²) in [5.74, 6) is 1.15. The van der Waals surface area contributed by atoms with E-state index in [-0.39, 0.29) is 0 Å². The highest BCUT2D eigenvalue weighted by molar-refractivity contribution is 5.24. The molecule has 0 saturated heterocycles. The fourth-order valence-electron chi connectivity index (χ4n) is 3.98. The molecule has 0 aromatic rings. The van der Waals surface area contributed by atoms with Crippen LogP contribution in [0.2, 0.25) is 0 Å². The first kappa shape index (κ1) is 8.21. The highest BCUT2D eigenvalue weighted by Crippen LogP contribution is 2.59. The Hall–Kier alpha value is -0.120. The van der Waals surface area contributed by atoms with Gasteiger partial charge in [0.25, 0.3) is 0 Å². The van der Waals surface area contributed by atoms with Gasteiger partial charge in [-0.3, -0.25) is 0 Å². The molecule has 0 aromatic carbocycles. The summed E-state index contributed by atoms with van der Waals surface area (Å²) in [6.45, 7) is 0. The zero-order valence-electron chi connectivity index (χ0n) is 7.58. The van der Waals surface area contributed by atoms with Crippen LogP contribution in [0.25, 0.3) is 0 Å². The normalized spacial score (nSPS) is 60.2. The Kier molecular flexibility index (Phi) is 1.23. The van der Waals surface area contributed by atoms with Crippen molar-refractivity contribution in [2.75, 3.05) is 0 Å². The van der Waals surface area contributed by atoms with E-state index in [4.69, 9.17) is 0 Å². The minimum absolute atomic E-state index is 0.450. The third kappa shape index (κ3) is 1.07. The van der Waals surface area contributed by atoms with Gasteiger partial charge in [0.05, 0.1) is 16.8 Å². The first-order valence-corrected chi connectivity index (χ1v) is 4.91. The lowest BCUT2D eigenvalue weighted by Gasteiger charge is -2.61. The van der Waals surface area contributed by atoms with E-state index < -0.39 is 16.8 Å². The minimum Gasteiger partial charge on any atom is -0.390 e. The van der Waals surface area contributed by atoms with E-state index in [0.29, 0.717) is 38.5 Å². The largest absolute Gasteiger partial charge is 0.390 e. The van der Waals surface area contributed by atoms with Crippen LogP contribution in [-0.2, 0) is 0 Å². The zero-order chi connectivity index (χ0) is 9.32. The molecule has 13 heavy (non-hydrogen) atoms. The van der Waals surface area contributed by atoms with Gasteiger partial charge in [-0.1, -0.05) is 0 Å². The van der Waals surface area contributed by atoms with Crippen LogP contribution in [0.3, 0.4) is 0 Å². The van der Waals surface area contributed by atoms with Crippen LogP contribution in [-0.4, -0.2) is 32.1 Å². The molecule has 4 fully saturated rings. The van der Waals surface area contributed by atoms with Crippen molar-refractivity contribution < 1.29 is 15.3 Å². The van der Waals surface area contributed by atoms with Gasteiger partial charge in [-0.15, -0.1) is 0 Å². The standard InChI is InChI=1S/C10H15O3/c11-8-1-7-2-9(12,4-8)6-10(13,3-7)5-8/h11-13H,1-6H2. The molecule has 4 bridgehead atoms. The van der Waals surface area contributed by atoms with Gasteiger partial charge in [0.1, 0.15) is 0 Å². The molecule has 0 amide bonds. The zero-order valence-corrected chi connectivity index (χ0v) is 7.58. The van der Waals surface area contributed by atoms with E-state index in [9.17, 15) is 15.3 Å². The monoisotopic (exact) mass is 183 g/mol. The van der Waals surface area contributed by atoms with Crippen molar-refractivity contribution >= 4 is 0 Å². The molecule has 0 heterocycles. The molecule has 4 rings (SSSR count). The van der Waals surface area contributed by atoms with Crippen LogP contribution in [0.5, 0.6) is 0 Å². The second kappa shape index (κ2) is 1.95. The summed E-state index contributed by atoms with van der Waals surface area (Å²) in [5.41, 5.74) is -2.44. The lowest BCUT2D eigenvalue weighted by atomic mass is 9.50. The van der Waals surface area contributed by atoms with E-state index >= 15 is 0 Å². The van der Waals surface area contributed by atoms with Gasteiger partial charge < -0.3 is 15.3 Å². The van der Waals surface area contributed by atoms with E-state index in [2.05, 4.69) is 0 Å². The first-order valence-electron chi connectivity index (χ1n) is 4.91. The van der Waals surface area contributed by atoms with Crippen molar-refractivity contribution in [3.8, 4) is 0 Å². The van der Waals surface area contributed by atoms with E-state index in [1.165, 1.54) is 0 Å². The van der Waals surface area contributed by atoms with E-state index in [1.54, 1.807) is 0 Å². The Morgan fingerprint density at radius 1 is 0.692 bits per heavy atom. The second-order valence-electron chi connectivity index (χ2n) is 5.48. The summed E-state index contributed by atoms with van der Waals surface area (Å²) in [5, 5.41) is 30.3. The minimum atomic E-state index is -0.812. The van der Waals surface area contributed by atoms with Crippen molar-refractivity contribution in [1.82, 2.24) is 0 Å². The quantitative estimate of drug-likeness (QED) is 0.500. The van der Waals surface area contributed by atoms with Gasteiger partial charge >= 0.3 is 0 Å². The smallest absolute Gasteiger partial charge is 0.0708 e. The highest BCUT2D eigenvalue weighted by Gasteiger charge is 2.62. The summed E-state index contributed by atoms with van der Waals surface area (Å²) < 4.78 is 0. The molecule has 0 unspecified atom stereocenters. The average molecular weight is 183 g/mol. The Balaban J connectivity index is 2.03. The van der Waals surface area contributed by atoms with Crippen molar-refractivity contribution in [2.24, 2.45) is 0 Å². The topological polar surface area (TPSA) is 60.7 Å². The fourth-order valence-corrected chi connectivity index (χ4v) is 3.98. The maximum atomic E-state index is 10.1. The van der Waals surface area contributed by atoms with Crippen molar-refractivity contribution in [3.05, 3.63) is 5.92 Å². The van der Waals surface area contributed by atoms with Gasteiger partial charge in [0.15, 0.2) is 0 Å². The highest BCUT2D eigenvalue weighted by atomic mass is 16.3.